The Hall–Kier alpha value is -1.76. The molecule has 1 aromatic carbocycles. The van der Waals surface area contributed by atoms with Crippen molar-refractivity contribution in [3.8, 4) is 0 Å². The van der Waals surface area contributed by atoms with Crippen LogP contribution in [0.4, 0.5) is 0 Å². The molecule has 1 aromatic heterocycles. The summed E-state index contributed by atoms with van der Waals surface area (Å²) >= 11 is 1.50. The molecule has 6 heteroatoms. The first-order chi connectivity index (χ1) is 11.3. The molecule has 5 nitrogen and oxygen atoms in total. The summed E-state index contributed by atoms with van der Waals surface area (Å²) in [5.74, 6) is -0.318. The van der Waals surface area contributed by atoms with Gasteiger partial charge < -0.3 is 4.74 Å². The van der Waals surface area contributed by atoms with Gasteiger partial charge in [0.25, 0.3) is 5.91 Å². The molecule has 0 radical (unpaired) electrons. The van der Waals surface area contributed by atoms with Crippen LogP contribution in [0, 0.1) is 0 Å². The number of hydrogen-bond acceptors (Lipinski definition) is 5. The van der Waals surface area contributed by atoms with Gasteiger partial charge in [-0.05, 0) is 24.8 Å². The molecule has 0 bridgehead atoms. The lowest BCUT2D eigenvalue weighted by Crippen LogP contribution is -2.33. The summed E-state index contributed by atoms with van der Waals surface area (Å²) in [6.07, 6.45) is 4.31. The van der Waals surface area contributed by atoms with Crippen molar-refractivity contribution in [2.24, 2.45) is 0 Å². The number of aryl methyl sites for hydroxylation is 2. The molecule has 1 aliphatic heterocycles. The average Bonchev–Trinajstić information content (AvgIpc) is 3.09. The highest BCUT2D eigenvalue weighted by Crippen LogP contribution is 2.15. The van der Waals surface area contributed by atoms with Crippen LogP contribution in [0.15, 0.2) is 35.7 Å². The van der Waals surface area contributed by atoms with E-state index in [1.54, 1.807) is 5.38 Å². The van der Waals surface area contributed by atoms with Crippen LogP contribution in [0.1, 0.15) is 40.3 Å². The van der Waals surface area contributed by atoms with Crippen LogP contribution in [0.25, 0.3) is 0 Å². The van der Waals surface area contributed by atoms with E-state index in [-0.39, 0.29) is 12.2 Å². The molecule has 2 aromatic rings. The molecule has 1 N–H and O–H groups in total. The van der Waals surface area contributed by atoms with Gasteiger partial charge in [0.2, 0.25) is 0 Å². The van der Waals surface area contributed by atoms with Crippen molar-refractivity contribution in [1.82, 2.24) is 10.5 Å². The number of carbonyl (C=O) groups is 1. The van der Waals surface area contributed by atoms with Crippen molar-refractivity contribution in [3.63, 3.8) is 0 Å². The summed E-state index contributed by atoms with van der Waals surface area (Å²) in [5.41, 5.74) is 4.10. The maximum atomic E-state index is 12.0. The van der Waals surface area contributed by atoms with Crippen LogP contribution in [0.3, 0.4) is 0 Å². The van der Waals surface area contributed by atoms with E-state index in [4.69, 9.17) is 9.57 Å². The summed E-state index contributed by atoms with van der Waals surface area (Å²) in [6, 6.07) is 10.3. The van der Waals surface area contributed by atoms with Gasteiger partial charge in [-0.1, -0.05) is 30.3 Å². The van der Waals surface area contributed by atoms with Gasteiger partial charge >= 0.3 is 0 Å². The number of benzene rings is 1. The molecular formula is C17H20N2O3S. The molecule has 2 heterocycles. The minimum Gasteiger partial charge on any atom is -0.350 e. The standard InChI is InChI=1S/C17H20N2O3S/c20-17(19-22-16-8-4-5-11-21-16)14-12-23-15(18-14)10-9-13-6-2-1-3-7-13/h1-3,6-7,12,16H,4-5,8-11H2,(H,19,20). The zero-order valence-electron chi connectivity index (χ0n) is 12.9. The number of nitrogens with one attached hydrogen (secondary N) is 1. The Labute approximate surface area is 139 Å². The minimum atomic E-state index is -0.344. The number of amides is 1. The van der Waals surface area contributed by atoms with Gasteiger partial charge in [-0.15, -0.1) is 11.3 Å². The SMILES string of the molecule is O=C(NOC1CCCCO1)c1csc(CCc2ccccc2)n1. The van der Waals surface area contributed by atoms with Gasteiger partial charge in [-0.3, -0.25) is 4.79 Å². The maximum absolute atomic E-state index is 12.0. The fourth-order valence-corrected chi connectivity index (χ4v) is 3.18. The minimum absolute atomic E-state index is 0.318. The van der Waals surface area contributed by atoms with E-state index in [0.717, 1.165) is 37.1 Å². The van der Waals surface area contributed by atoms with Gasteiger partial charge in [0.05, 0.1) is 5.01 Å². The lowest BCUT2D eigenvalue weighted by Gasteiger charge is -2.21. The molecule has 1 fully saturated rings. The molecule has 1 amide bonds. The van der Waals surface area contributed by atoms with Crippen molar-refractivity contribution in [3.05, 3.63) is 52.0 Å². The van der Waals surface area contributed by atoms with Crippen molar-refractivity contribution < 1.29 is 14.4 Å². The number of thiazole rings is 1. The van der Waals surface area contributed by atoms with E-state index >= 15 is 0 Å². The summed E-state index contributed by atoms with van der Waals surface area (Å²) < 4.78 is 5.40. The molecule has 0 spiro atoms. The Morgan fingerprint density at radius 1 is 1.30 bits per heavy atom. The highest BCUT2D eigenvalue weighted by Gasteiger charge is 2.17. The lowest BCUT2D eigenvalue weighted by atomic mass is 10.1. The maximum Gasteiger partial charge on any atom is 0.294 e. The Balaban J connectivity index is 1.47. The third-order valence-electron chi connectivity index (χ3n) is 3.68. The van der Waals surface area contributed by atoms with E-state index in [1.807, 2.05) is 18.2 Å². The average molecular weight is 332 g/mol. The number of hydrogen-bond donors (Lipinski definition) is 1. The first-order valence-electron chi connectivity index (χ1n) is 7.87. The molecule has 0 saturated carbocycles. The Morgan fingerprint density at radius 2 is 2.17 bits per heavy atom. The molecule has 3 rings (SSSR count). The zero-order valence-corrected chi connectivity index (χ0v) is 13.7. The number of nitrogens with zero attached hydrogens (tertiary/aromatic N) is 1. The molecule has 1 saturated heterocycles. The van der Waals surface area contributed by atoms with Crippen molar-refractivity contribution in [1.29, 1.82) is 0 Å². The zero-order chi connectivity index (χ0) is 15.9. The van der Waals surface area contributed by atoms with Crippen LogP contribution in [-0.4, -0.2) is 23.8 Å². The van der Waals surface area contributed by atoms with Crippen molar-refractivity contribution >= 4 is 17.2 Å². The number of carbonyl (C=O) groups excluding carboxylic acids is 1. The fourth-order valence-electron chi connectivity index (χ4n) is 2.40. The Morgan fingerprint density at radius 3 is 2.96 bits per heavy atom. The van der Waals surface area contributed by atoms with E-state index in [9.17, 15) is 4.79 Å². The van der Waals surface area contributed by atoms with E-state index in [2.05, 4.69) is 22.6 Å². The van der Waals surface area contributed by atoms with Gasteiger partial charge in [0.15, 0.2) is 6.29 Å². The monoisotopic (exact) mass is 332 g/mol. The predicted octanol–water partition coefficient (Wildman–Crippen LogP) is 3.12. The van der Waals surface area contributed by atoms with Crippen LogP contribution < -0.4 is 5.48 Å². The third kappa shape index (κ3) is 4.86. The van der Waals surface area contributed by atoms with Crippen LogP contribution in [0.5, 0.6) is 0 Å². The molecule has 1 aliphatic rings. The second-order valence-electron chi connectivity index (χ2n) is 5.46. The lowest BCUT2D eigenvalue weighted by molar-refractivity contribution is -0.186. The molecule has 23 heavy (non-hydrogen) atoms. The van der Waals surface area contributed by atoms with Crippen LogP contribution in [0.2, 0.25) is 0 Å². The molecule has 0 aliphatic carbocycles. The Bertz CT molecular complexity index is 624. The second kappa shape index (κ2) is 8.19. The first-order valence-corrected chi connectivity index (χ1v) is 8.75. The smallest absolute Gasteiger partial charge is 0.294 e. The van der Waals surface area contributed by atoms with E-state index in [0.29, 0.717) is 12.3 Å². The largest absolute Gasteiger partial charge is 0.350 e. The predicted molar refractivity (Wildman–Crippen MR) is 88.1 cm³/mol. The first kappa shape index (κ1) is 16.1. The van der Waals surface area contributed by atoms with Crippen molar-refractivity contribution in [2.45, 2.75) is 38.4 Å². The molecular weight excluding hydrogens is 312 g/mol. The summed E-state index contributed by atoms with van der Waals surface area (Å²) in [7, 11) is 0. The van der Waals surface area contributed by atoms with Crippen LogP contribution >= 0.6 is 11.3 Å². The van der Waals surface area contributed by atoms with Gasteiger partial charge in [-0.25, -0.2) is 15.3 Å². The quantitative estimate of drug-likeness (QED) is 0.826. The van der Waals surface area contributed by atoms with Crippen LogP contribution in [-0.2, 0) is 22.4 Å². The van der Waals surface area contributed by atoms with Gasteiger partial charge in [0, 0.05) is 24.8 Å². The number of ether oxygens (including phenoxy) is 1. The highest BCUT2D eigenvalue weighted by molar-refractivity contribution is 7.09. The highest BCUT2D eigenvalue weighted by atomic mass is 32.1. The van der Waals surface area contributed by atoms with E-state index in [1.165, 1.54) is 16.9 Å². The van der Waals surface area contributed by atoms with Crippen molar-refractivity contribution in [2.75, 3.05) is 6.61 Å². The summed E-state index contributed by atoms with van der Waals surface area (Å²) in [4.78, 5) is 21.7. The Kier molecular flexibility index (Phi) is 5.74. The number of rotatable bonds is 6. The second-order valence-corrected chi connectivity index (χ2v) is 6.40. The van der Waals surface area contributed by atoms with Gasteiger partial charge in [-0.2, -0.15) is 0 Å². The summed E-state index contributed by atoms with van der Waals surface area (Å²) in [6.45, 7) is 0.681. The number of aromatic nitrogens is 1. The fraction of sp³-hybridized carbons (Fsp3) is 0.412. The van der Waals surface area contributed by atoms with Gasteiger partial charge in [0.1, 0.15) is 5.69 Å². The normalized spacial score (nSPS) is 17.8. The number of hydroxylamine groups is 1. The molecule has 1 unspecified atom stereocenters. The van der Waals surface area contributed by atoms with E-state index < -0.39 is 0 Å². The molecule has 122 valence electrons. The topological polar surface area (TPSA) is 60.5 Å². The molecule has 1 atom stereocenters. The third-order valence-corrected chi connectivity index (χ3v) is 4.58. The summed E-state index contributed by atoms with van der Waals surface area (Å²) in [5, 5.41) is 2.72.